The molecule has 2 aromatic rings. The fourth-order valence-electron chi connectivity index (χ4n) is 3.27. The first-order chi connectivity index (χ1) is 12.4. The molecule has 1 aliphatic rings. The van der Waals surface area contributed by atoms with Crippen molar-refractivity contribution in [2.24, 2.45) is 11.1 Å². The summed E-state index contributed by atoms with van der Waals surface area (Å²) in [6, 6.07) is 13.4. The number of nitrogens with one attached hydrogen (secondary N) is 2. The minimum Gasteiger partial charge on any atom is -0.378 e. The van der Waals surface area contributed by atoms with Gasteiger partial charge >= 0.3 is 0 Å². The third kappa shape index (κ3) is 4.58. The Balaban J connectivity index is 0.00000196. The number of nitrogens with zero attached hydrogens (tertiary/aromatic N) is 1. The standard InChI is InChI=1S/C20H26N4O2.2ClH/c1-4-26-16-12-20(21,19(16,2)3)18(25)24-15-10-11-17(22-13-15)23-14-8-6-5-7-9-14;;/h5-11,13,16H,4,12,21H2,1-3H3,(H,22,23)(H,24,25);2*1H. The second kappa shape index (κ2) is 9.56. The summed E-state index contributed by atoms with van der Waals surface area (Å²) < 4.78 is 5.68. The summed E-state index contributed by atoms with van der Waals surface area (Å²) in [6.07, 6.45) is 2.14. The zero-order valence-electron chi connectivity index (χ0n) is 16.3. The molecule has 1 fully saturated rings. The molecular weight excluding hydrogens is 399 g/mol. The molecule has 8 heteroatoms. The van der Waals surface area contributed by atoms with Gasteiger partial charge in [0.25, 0.3) is 0 Å². The monoisotopic (exact) mass is 426 g/mol. The van der Waals surface area contributed by atoms with Crippen LogP contribution in [0.3, 0.4) is 0 Å². The van der Waals surface area contributed by atoms with Crippen molar-refractivity contribution in [1.29, 1.82) is 0 Å². The van der Waals surface area contributed by atoms with Crippen molar-refractivity contribution in [1.82, 2.24) is 4.98 Å². The van der Waals surface area contributed by atoms with Crippen LogP contribution in [0.5, 0.6) is 0 Å². The molecule has 2 unspecified atom stereocenters. The number of hydrogen-bond donors (Lipinski definition) is 3. The van der Waals surface area contributed by atoms with Crippen molar-refractivity contribution in [2.45, 2.75) is 38.8 Å². The third-order valence-electron chi connectivity index (χ3n) is 5.30. The average molecular weight is 427 g/mol. The van der Waals surface area contributed by atoms with Gasteiger partial charge in [-0.15, -0.1) is 24.8 Å². The number of amides is 1. The molecule has 0 saturated heterocycles. The Morgan fingerprint density at radius 2 is 1.86 bits per heavy atom. The molecule has 1 aromatic heterocycles. The minimum atomic E-state index is -0.951. The van der Waals surface area contributed by atoms with Crippen molar-refractivity contribution in [2.75, 3.05) is 17.2 Å². The van der Waals surface area contributed by atoms with Crippen molar-refractivity contribution in [3.05, 3.63) is 48.7 Å². The van der Waals surface area contributed by atoms with Crippen LogP contribution in [0, 0.1) is 5.41 Å². The molecule has 0 radical (unpaired) electrons. The van der Waals surface area contributed by atoms with E-state index in [0.29, 0.717) is 24.5 Å². The molecular formula is C20H28Cl2N4O2. The summed E-state index contributed by atoms with van der Waals surface area (Å²) in [5.41, 5.74) is 6.60. The van der Waals surface area contributed by atoms with Crippen LogP contribution in [0.25, 0.3) is 0 Å². The molecule has 2 atom stereocenters. The first kappa shape index (κ1) is 24.2. The van der Waals surface area contributed by atoms with Crippen molar-refractivity contribution < 1.29 is 9.53 Å². The highest BCUT2D eigenvalue weighted by Crippen LogP contribution is 2.50. The maximum atomic E-state index is 12.7. The van der Waals surface area contributed by atoms with Gasteiger partial charge in [-0.3, -0.25) is 4.79 Å². The van der Waals surface area contributed by atoms with E-state index in [0.717, 1.165) is 5.69 Å². The Labute approximate surface area is 178 Å². The zero-order valence-corrected chi connectivity index (χ0v) is 17.9. The summed E-state index contributed by atoms with van der Waals surface area (Å²) in [7, 11) is 0. The quantitative estimate of drug-likeness (QED) is 0.645. The smallest absolute Gasteiger partial charge is 0.245 e. The summed E-state index contributed by atoms with van der Waals surface area (Å²) in [6.45, 7) is 6.51. The zero-order chi connectivity index (χ0) is 18.8. The number of ether oxygens (including phenoxy) is 1. The Hall–Kier alpha value is -1.86. The second-order valence-corrected chi connectivity index (χ2v) is 7.22. The van der Waals surface area contributed by atoms with Crippen LogP contribution in [0.2, 0.25) is 0 Å². The van der Waals surface area contributed by atoms with Crippen molar-refractivity contribution >= 4 is 47.9 Å². The summed E-state index contributed by atoms with van der Waals surface area (Å²) in [5.74, 6) is 0.501. The van der Waals surface area contributed by atoms with Crippen LogP contribution < -0.4 is 16.4 Å². The molecule has 1 aliphatic carbocycles. The molecule has 1 saturated carbocycles. The average Bonchev–Trinajstić information content (AvgIpc) is 2.64. The Morgan fingerprint density at radius 1 is 1.18 bits per heavy atom. The highest BCUT2D eigenvalue weighted by atomic mass is 35.5. The van der Waals surface area contributed by atoms with Gasteiger partial charge in [-0.25, -0.2) is 4.98 Å². The lowest BCUT2D eigenvalue weighted by Gasteiger charge is -2.57. The van der Waals surface area contributed by atoms with E-state index in [2.05, 4.69) is 15.6 Å². The molecule has 0 bridgehead atoms. The lowest BCUT2D eigenvalue weighted by Crippen LogP contribution is -2.74. The first-order valence-electron chi connectivity index (χ1n) is 8.87. The molecule has 4 N–H and O–H groups in total. The number of aromatic nitrogens is 1. The second-order valence-electron chi connectivity index (χ2n) is 7.22. The van der Waals surface area contributed by atoms with E-state index in [1.54, 1.807) is 6.20 Å². The molecule has 0 aliphatic heterocycles. The van der Waals surface area contributed by atoms with Crippen LogP contribution >= 0.6 is 24.8 Å². The topological polar surface area (TPSA) is 89.3 Å². The molecule has 1 amide bonds. The number of carbonyl (C=O) groups is 1. The van der Waals surface area contributed by atoms with Gasteiger partial charge in [-0.1, -0.05) is 32.0 Å². The molecule has 0 spiro atoms. The number of carbonyl (C=O) groups excluding carboxylic acids is 1. The molecule has 3 rings (SSSR count). The van der Waals surface area contributed by atoms with E-state index in [1.807, 2.05) is 63.2 Å². The number of halogens is 2. The number of pyridine rings is 1. The van der Waals surface area contributed by atoms with Gasteiger partial charge in [-0.2, -0.15) is 0 Å². The first-order valence-corrected chi connectivity index (χ1v) is 8.87. The van der Waals surface area contributed by atoms with E-state index in [4.69, 9.17) is 10.5 Å². The minimum absolute atomic E-state index is 0. The Morgan fingerprint density at radius 3 is 2.39 bits per heavy atom. The van der Waals surface area contributed by atoms with E-state index < -0.39 is 11.0 Å². The van der Waals surface area contributed by atoms with E-state index in [9.17, 15) is 4.79 Å². The summed E-state index contributed by atoms with van der Waals surface area (Å²) in [5, 5.41) is 6.09. The number of anilines is 3. The predicted octanol–water partition coefficient (Wildman–Crippen LogP) is 4.14. The lowest BCUT2D eigenvalue weighted by molar-refractivity contribution is -0.166. The van der Waals surface area contributed by atoms with E-state index in [1.165, 1.54) is 0 Å². The van der Waals surface area contributed by atoms with Crippen LogP contribution in [0.15, 0.2) is 48.7 Å². The fourth-order valence-corrected chi connectivity index (χ4v) is 3.27. The van der Waals surface area contributed by atoms with Crippen molar-refractivity contribution in [3.63, 3.8) is 0 Å². The number of hydrogen-bond acceptors (Lipinski definition) is 5. The molecule has 1 heterocycles. The largest absolute Gasteiger partial charge is 0.378 e. The highest BCUT2D eigenvalue weighted by molar-refractivity contribution is 5.99. The SMILES string of the molecule is CCOC1CC(N)(C(=O)Nc2ccc(Nc3ccccc3)nc2)C1(C)C.Cl.Cl. The van der Waals surface area contributed by atoms with Crippen molar-refractivity contribution in [3.8, 4) is 0 Å². The Bertz CT molecular complexity index is 772. The number of para-hydroxylation sites is 1. The fraction of sp³-hybridized carbons (Fsp3) is 0.400. The molecule has 6 nitrogen and oxygen atoms in total. The number of benzene rings is 1. The number of nitrogens with two attached hydrogens (primary N) is 1. The maximum Gasteiger partial charge on any atom is 0.245 e. The summed E-state index contributed by atoms with van der Waals surface area (Å²) in [4.78, 5) is 17.1. The maximum absolute atomic E-state index is 12.7. The van der Waals surface area contributed by atoms with Gasteiger partial charge in [0.1, 0.15) is 11.4 Å². The lowest BCUT2D eigenvalue weighted by atomic mass is 9.54. The van der Waals surface area contributed by atoms with Gasteiger partial charge in [0, 0.05) is 24.1 Å². The third-order valence-corrected chi connectivity index (χ3v) is 5.30. The van der Waals surface area contributed by atoms with Gasteiger partial charge in [0.2, 0.25) is 5.91 Å². The normalized spacial score (nSPS) is 22.1. The van der Waals surface area contributed by atoms with Crippen LogP contribution in [0.4, 0.5) is 17.2 Å². The van der Waals surface area contributed by atoms with Crippen LogP contribution in [-0.2, 0) is 9.53 Å². The number of rotatable bonds is 6. The van der Waals surface area contributed by atoms with Gasteiger partial charge in [0.05, 0.1) is 18.0 Å². The molecule has 154 valence electrons. The Kier molecular flexibility index (Phi) is 8.26. The van der Waals surface area contributed by atoms with Gasteiger partial charge in [-0.05, 0) is 31.2 Å². The van der Waals surface area contributed by atoms with Gasteiger partial charge < -0.3 is 21.1 Å². The highest BCUT2D eigenvalue weighted by Gasteiger charge is 2.62. The predicted molar refractivity (Wildman–Crippen MR) is 118 cm³/mol. The molecule has 28 heavy (non-hydrogen) atoms. The summed E-state index contributed by atoms with van der Waals surface area (Å²) >= 11 is 0. The van der Waals surface area contributed by atoms with Crippen LogP contribution in [-0.4, -0.2) is 29.1 Å². The van der Waals surface area contributed by atoms with Crippen LogP contribution in [0.1, 0.15) is 27.2 Å². The molecule has 1 aromatic carbocycles. The van der Waals surface area contributed by atoms with E-state index >= 15 is 0 Å². The van der Waals surface area contributed by atoms with E-state index in [-0.39, 0.29) is 36.8 Å². The van der Waals surface area contributed by atoms with Gasteiger partial charge in [0.15, 0.2) is 0 Å².